The largest absolute Gasteiger partial charge is 0.0651 e. The van der Waals surface area contributed by atoms with Crippen LogP contribution in [-0.4, -0.2) is 0 Å². The molecule has 24 heavy (non-hydrogen) atoms. The van der Waals surface area contributed by atoms with Crippen LogP contribution in [0.4, 0.5) is 0 Å². The summed E-state index contributed by atoms with van der Waals surface area (Å²) < 4.78 is 0. The van der Waals surface area contributed by atoms with Crippen molar-refractivity contribution in [1.29, 1.82) is 0 Å². The monoisotopic (exact) mass is 334 g/mol. The van der Waals surface area contributed by atoms with Crippen molar-refractivity contribution in [1.82, 2.24) is 0 Å². The quantitative estimate of drug-likeness (QED) is 0.487. The van der Waals surface area contributed by atoms with Crippen LogP contribution in [0.3, 0.4) is 0 Å². The van der Waals surface area contributed by atoms with Crippen LogP contribution in [0.25, 0.3) is 0 Å². The molecule has 0 aromatic rings. The van der Waals surface area contributed by atoms with Gasteiger partial charge in [-0.1, -0.05) is 91.9 Å². The molecule has 0 N–H and O–H groups in total. The summed E-state index contributed by atoms with van der Waals surface area (Å²) >= 11 is 0. The molecule has 3 saturated carbocycles. The first kappa shape index (κ1) is 20.3. The topological polar surface area (TPSA) is 0 Å². The molecule has 0 heteroatoms. The van der Waals surface area contributed by atoms with E-state index in [1.165, 1.54) is 64.2 Å². The second kappa shape index (κ2) is 10.9. The Kier molecular flexibility index (Phi) is 9.20. The summed E-state index contributed by atoms with van der Waals surface area (Å²) in [5.74, 6) is 6.41. The average Bonchev–Trinajstić information content (AvgIpc) is 2.64. The van der Waals surface area contributed by atoms with Crippen LogP contribution in [0.2, 0.25) is 0 Å². The van der Waals surface area contributed by atoms with Gasteiger partial charge in [0.25, 0.3) is 0 Å². The van der Waals surface area contributed by atoms with Crippen molar-refractivity contribution in [3.05, 3.63) is 0 Å². The van der Waals surface area contributed by atoms with Crippen LogP contribution in [0.1, 0.15) is 118 Å². The number of hydrogen-bond donors (Lipinski definition) is 0. The van der Waals surface area contributed by atoms with Gasteiger partial charge in [-0.2, -0.15) is 0 Å². The lowest BCUT2D eigenvalue weighted by Crippen LogP contribution is -2.25. The van der Waals surface area contributed by atoms with Gasteiger partial charge in [-0.15, -0.1) is 0 Å². The highest BCUT2D eigenvalue weighted by molar-refractivity contribution is 4.80. The van der Waals surface area contributed by atoms with Gasteiger partial charge in [0.2, 0.25) is 0 Å². The zero-order chi connectivity index (χ0) is 17.4. The van der Waals surface area contributed by atoms with Gasteiger partial charge in [0, 0.05) is 0 Å². The molecule has 142 valence electrons. The first-order chi connectivity index (χ1) is 11.6. The first-order valence-electron chi connectivity index (χ1n) is 11.6. The highest BCUT2D eigenvalue weighted by atomic mass is 14.3. The minimum absolute atomic E-state index is 1.02. The van der Waals surface area contributed by atoms with Crippen LogP contribution in [0.15, 0.2) is 0 Å². The van der Waals surface area contributed by atoms with Gasteiger partial charge in [0.05, 0.1) is 0 Å². The van der Waals surface area contributed by atoms with Gasteiger partial charge in [-0.05, 0) is 61.2 Å². The summed E-state index contributed by atoms with van der Waals surface area (Å²) in [5, 5.41) is 0. The zero-order valence-corrected chi connectivity index (χ0v) is 17.4. The maximum Gasteiger partial charge on any atom is -0.0386 e. The molecule has 3 aliphatic carbocycles. The minimum atomic E-state index is 1.02. The van der Waals surface area contributed by atoms with E-state index in [1.807, 2.05) is 0 Å². The molecule has 0 aromatic heterocycles. The van der Waals surface area contributed by atoms with E-state index in [9.17, 15) is 0 Å². The molecule has 0 radical (unpaired) electrons. The van der Waals surface area contributed by atoms with Crippen LogP contribution in [0, 0.1) is 35.5 Å². The van der Waals surface area contributed by atoms with E-state index in [0.717, 1.165) is 35.5 Å². The molecule has 0 atom stereocenters. The molecule has 0 nitrogen and oxygen atoms in total. The molecule has 0 spiro atoms. The summed E-state index contributed by atoms with van der Waals surface area (Å²) in [6, 6.07) is 0. The number of hydrogen-bond acceptors (Lipinski definition) is 0. The van der Waals surface area contributed by atoms with Crippen molar-refractivity contribution in [3.8, 4) is 0 Å². The van der Waals surface area contributed by atoms with E-state index < -0.39 is 0 Å². The fraction of sp³-hybridized carbons (Fsp3) is 1.00. The third kappa shape index (κ3) is 6.72. The molecule has 3 rings (SSSR count). The molecule has 3 aliphatic rings. The fourth-order valence-electron chi connectivity index (χ4n) is 5.56. The van der Waals surface area contributed by atoms with E-state index in [2.05, 4.69) is 27.7 Å². The van der Waals surface area contributed by atoms with Crippen LogP contribution >= 0.6 is 0 Å². The Labute approximate surface area is 153 Å². The third-order valence-corrected chi connectivity index (χ3v) is 7.91. The zero-order valence-electron chi connectivity index (χ0n) is 17.4. The van der Waals surface area contributed by atoms with Crippen molar-refractivity contribution < 1.29 is 0 Å². The van der Waals surface area contributed by atoms with Gasteiger partial charge in [0.15, 0.2) is 0 Å². The summed E-state index contributed by atoms with van der Waals surface area (Å²) in [6.07, 6.45) is 21.1. The van der Waals surface area contributed by atoms with Crippen LogP contribution in [-0.2, 0) is 0 Å². The van der Waals surface area contributed by atoms with Crippen LogP contribution < -0.4 is 0 Å². The average molecular weight is 335 g/mol. The predicted molar refractivity (Wildman–Crippen MR) is 108 cm³/mol. The Balaban J connectivity index is 0.000000198. The molecule has 0 aromatic carbocycles. The molecular weight excluding hydrogens is 288 g/mol. The second-order valence-electron chi connectivity index (χ2n) is 9.74. The maximum atomic E-state index is 2.43. The highest BCUT2D eigenvalue weighted by Gasteiger charge is 2.29. The van der Waals surface area contributed by atoms with E-state index >= 15 is 0 Å². The fourth-order valence-corrected chi connectivity index (χ4v) is 5.56. The molecule has 0 unspecified atom stereocenters. The van der Waals surface area contributed by atoms with Gasteiger partial charge >= 0.3 is 0 Å². The molecular formula is C24H46. The van der Waals surface area contributed by atoms with Crippen LogP contribution in [0.5, 0.6) is 0 Å². The molecule has 0 heterocycles. The normalized spacial score (nSPS) is 40.5. The van der Waals surface area contributed by atoms with Crippen molar-refractivity contribution in [2.24, 2.45) is 35.5 Å². The smallest absolute Gasteiger partial charge is 0.0386 e. The van der Waals surface area contributed by atoms with Crippen molar-refractivity contribution in [2.75, 3.05) is 0 Å². The SMILES string of the molecule is CCC1CCC(C)CC1.CCC1CCC(C2CCC(C)CC2)CC1. The van der Waals surface area contributed by atoms with Crippen molar-refractivity contribution >= 4 is 0 Å². The third-order valence-electron chi connectivity index (χ3n) is 7.91. The molecule has 0 saturated heterocycles. The Morgan fingerprint density at radius 3 is 1.12 bits per heavy atom. The highest BCUT2D eigenvalue weighted by Crippen LogP contribution is 2.41. The molecule has 0 aliphatic heterocycles. The summed E-state index contributed by atoms with van der Waals surface area (Å²) in [7, 11) is 0. The standard InChI is InChI=1S/C15H28.C9H18/c1-3-13-6-10-15(11-7-13)14-8-4-12(2)5-9-14;1-3-9-6-4-8(2)5-7-9/h12-15H,3-11H2,1-2H3;8-9H,3-7H2,1-2H3. The number of rotatable bonds is 3. The molecule has 0 bridgehead atoms. The Morgan fingerprint density at radius 1 is 0.458 bits per heavy atom. The summed E-state index contributed by atoms with van der Waals surface area (Å²) in [5.41, 5.74) is 0. The van der Waals surface area contributed by atoms with E-state index in [1.54, 1.807) is 25.7 Å². The van der Waals surface area contributed by atoms with E-state index in [4.69, 9.17) is 0 Å². The van der Waals surface area contributed by atoms with E-state index in [-0.39, 0.29) is 0 Å². The Hall–Kier alpha value is 0. The van der Waals surface area contributed by atoms with Gasteiger partial charge in [0.1, 0.15) is 0 Å². The van der Waals surface area contributed by atoms with Crippen molar-refractivity contribution in [3.63, 3.8) is 0 Å². The summed E-state index contributed by atoms with van der Waals surface area (Å²) in [6.45, 7) is 9.50. The molecule has 0 amide bonds. The lowest BCUT2D eigenvalue weighted by atomic mass is 9.69. The first-order valence-corrected chi connectivity index (χ1v) is 11.6. The summed E-state index contributed by atoms with van der Waals surface area (Å²) in [4.78, 5) is 0. The van der Waals surface area contributed by atoms with Crippen molar-refractivity contribution in [2.45, 2.75) is 118 Å². The lowest BCUT2D eigenvalue weighted by molar-refractivity contribution is 0.149. The van der Waals surface area contributed by atoms with Gasteiger partial charge in [-0.3, -0.25) is 0 Å². The van der Waals surface area contributed by atoms with Gasteiger partial charge in [-0.25, -0.2) is 0 Å². The lowest BCUT2D eigenvalue weighted by Gasteiger charge is -2.37. The molecule has 3 fully saturated rings. The predicted octanol–water partition coefficient (Wildman–Crippen LogP) is 8.25. The van der Waals surface area contributed by atoms with E-state index in [0.29, 0.717) is 0 Å². The van der Waals surface area contributed by atoms with Gasteiger partial charge < -0.3 is 0 Å². The minimum Gasteiger partial charge on any atom is -0.0651 e. The Morgan fingerprint density at radius 2 is 0.750 bits per heavy atom. The Bertz CT molecular complexity index is 296. The second-order valence-corrected chi connectivity index (χ2v) is 9.74. The maximum absolute atomic E-state index is 2.43.